The predicted octanol–water partition coefficient (Wildman–Crippen LogP) is 4.78. The van der Waals surface area contributed by atoms with Crippen LogP contribution in [0.2, 0.25) is 0 Å². The van der Waals surface area contributed by atoms with E-state index in [1.54, 1.807) is 0 Å². The second kappa shape index (κ2) is 7.55. The van der Waals surface area contributed by atoms with E-state index in [1.165, 1.54) is 13.0 Å². The van der Waals surface area contributed by atoms with Crippen molar-refractivity contribution in [2.75, 3.05) is 13.1 Å². The molecule has 0 aliphatic carbocycles. The summed E-state index contributed by atoms with van der Waals surface area (Å²) >= 11 is 3.40. The number of benzene rings is 1. The van der Waals surface area contributed by atoms with Gasteiger partial charge in [0.05, 0.1) is 0 Å². The van der Waals surface area contributed by atoms with Crippen LogP contribution >= 0.6 is 15.9 Å². The summed E-state index contributed by atoms with van der Waals surface area (Å²) < 4.78 is 1.02. The van der Waals surface area contributed by atoms with Crippen LogP contribution in [0.15, 0.2) is 28.7 Å². The van der Waals surface area contributed by atoms with E-state index < -0.39 is 0 Å². The highest BCUT2D eigenvalue weighted by molar-refractivity contribution is 9.10. The number of carbonyl (C=O) groups excluding carboxylic acids is 1. The number of Topliss-reactive ketones (excluding diaryl/α,β-unsaturated/α-hetero) is 1. The molecule has 0 N–H and O–H groups in total. The Kier molecular flexibility index (Phi) is 6.00. The van der Waals surface area contributed by atoms with Crippen molar-refractivity contribution in [3.63, 3.8) is 0 Å². The summed E-state index contributed by atoms with van der Waals surface area (Å²) in [6, 6.07) is 8.32. The van der Waals surface area contributed by atoms with Crippen LogP contribution in [0.4, 0.5) is 0 Å². The van der Waals surface area contributed by atoms with E-state index in [4.69, 9.17) is 0 Å². The molecular weight excluding hydrogens is 326 g/mol. The normalized spacial score (nSPS) is 26.8. The Morgan fingerprint density at radius 1 is 1.24 bits per heavy atom. The van der Waals surface area contributed by atoms with Gasteiger partial charge in [0.1, 0.15) is 0 Å². The van der Waals surface area contributed by atoms with E-state index in [2.05, 4.69) is 41.6 Å². The van der Waals surface area contributed by atoms with Crippen LogP contribution in [0, 0.1) is 11.8 Å². The summed E-state index contributed by atoms with van der Waals surface area (Å²) in [5, 5.41) is 0. The molecule has 0 spiro atoms. The molecule has 3 atom stereocenters. The van der Waals surface area contributed by atoms with Gasteiger partial charge in [0, 0.05) is 29.0 Å². The van der Waals surface area contributed by atoms with Gasteiger partial charge in [-0.1, -0.05) is 41.9 Å². The molecule has 2 rings (SSSR count). The maximum Gasteiger partial charge on any atom is 0.162 e. The quantitative estimate of drug-likeness (QED) is 0.711. The zero-order valence-corrected chi connectivity index (χ0v) is 14.9. The summed E-state index contributed by atoms with van der Waals surface area (Å²) in [6.45, 7) is 9.23. The van der Waals surface area contributed by atoms with Gasteiger partial charge in [-0.05, 0) is 50.3 Å². The number of ketones is 1. The average Bonchev–Trinajstić information content (AvgIpc) is 2.44. The molecular formula is C18H26BrNO. The molecule has 0 radical (unpaired) electrons. The maximum absolute atomic E-state index is 12.2. The monoisotopic (exact) mass is 351 g/mol. The third-order valence-electron chi connectivity index (χ3n) is 4.74. The number of carbonyl (C=O) groups is 1. The minimum Gasteiger partial charge on any atom is -0.300 e. The lowest BCUT2D eigenvalue weighted by molar-refractivity contribution is 0.0759. The smallest absolute Gasteiger partial charge is 0.162 e. The van der Waals surface area contributed by atoms with E-state index in [0.29, 0.717) is 12.5 Å². The molecule has 1 aliphatic heterocycles. The van der Waals surface area contributed by atoms with E-state index in [9.17, 15) is 4.79 Å². The van der Waals surface area contributed by atoms with E-state index in [0.717, 1.165) is 34.8 Å². The Morgan fingerprint density at radius 2 is 1.90 bits per heavy atom. The van der Waals surface area contributed by atoms with Crippen molar-refractivity contribution in [3.05, 3.63) is 34.3 Å². The molecule has 116 valence electrons. The third kappa shape index (κ3) is 4.65. The van der Waals surface area contributed by atoms with Crippen LogP contribution in [-0.4, -0.2) is 29.8 Å². The minimum atomic E-state index is 0.258. The van der Waals surface area contributed by atoms with Gasteiger partial charge < -0.3 is 4.90 Å². The summed E-state index contributed by atoms with van der Waals surface area (Å²) in [5.41, 5.74) is 0.826. The molecule has 1 aromatic carbocycles. The first kappa shape index (κ1) is 16.7. The van der Waals surface area contributed by atoms with Crippen LogP contribution in [0.3, 0.4) is 0 Å². The number of nitrogens with zero attached hydrogens (tertiary/aromatic N) is 1. The Morgan fingerprint density at radius 3 is 2.57 bits per heavy atom. The lowest BCUT2D eigenvalue weighted by Gasteiger charge is -2.41. The van der Waals surface area contributed by atoms with E-state index in [-0.39, 0.29) is 5.78 Å². The summed E-state index contributed by atoms with van der Waals surface area (Å²) in [7, 11) is 0. The standard InChI is InChI=1S/C18H26BrNO/c1-13-11-14(2)15(3)20(12-13)10-4-5-18(21)16-6-8-17(19)9-7-16/h6-9,13-15H,4-5,10-12H2,1-3H3. The number of piperidine rings is 1. The Labute approximate surface area is 137 Å². The Hall–Kier alpha value is -0.670. The first-order chi connectivity index (χ1) is 9.97. The topological polar surface area (TPSA) is 20.3 Å². The largest absolute Gasteiger partial charge is 0.300 e. The SMILES string of the molecule is CC1CC(C)C(C)N(CCCC(=O)c2ccc(Br)cc2)C1. The molecule has 1 aromatic rings. The first-order valence-electron chi connectivity index (χ1n) is 8.00. The van der Waals surface area contributed by atoms with E-state index in [1.807, 2.05) is 24.3 Å². The molecule has 21 heavy (non-hydrogen) atoms. The van der Waals surface area contributed by atoms with Gasteiger partial charge in [-0.3, -0.25) is 4.79 Å². The van der Waals surface area contributed by atoms with Crippen LogP contribution in [-0.2, 0) is 0 Å². The molecule has 0 amide bonds. The lowest BCUT2D eigenvalue weighted by atomic mass is 9.86. The molecule has 3 heteroatoms. The van der Waals surface area contributed by atoms with Gasteiger partial charge in [0.2, 0.25) is 0 Å². The van der Waals surface area contributed by atoms with Crippen molar-refractivity contribution >= 4 is 21.7 Å². The van der Waals surface area contributed by atoms with Crippen molar-refractivity contribution < 1.29 is 4.79 Å². The van der Waals surface area contributed by atoms with Crippen molar-refractivity contribution in [1.82, 2.24) is 4.90 Å². The van der Waals surface area contributed by atoms with Crippen LogP contribution in [0.1, 0.15) is 50.4 Å². The van der Waals surface area contributed by atoms with Crippen LogP contribution < -0.4 is 0 Å². The first-order valence-corrected chi connectivity index (χ1v) is 8.79. The molecule has 3 unspecified atom stereocenters. The Balaban J connectivity index is 1.80. The van der Waals surface area contributed by atoms with Gasteiger partial charge in [-0.15, -0.1) is 0 Å². The zero-order valence-electron chi connectivity index (χ0n) is 13.3. The number of rotatable bonds is 5. The number of halogens is 1. The van der Waals surface area contributed by atoms with Gasteiger partial charge in [0.15, 0.2) is 5.78 Å². The lowest BCUT2D eigenvalue weighted by Crippen LogP contribution is -2.46. The van der Waals surface area contributed by atoms with Crippen LogP contribution in [0.25, 0.3) is 0 Å². The molecule has 1 heterocycles. The molecule has 2 nitrogen and oxygen atoms in total. The fraction of sp³-hybridized carbons (Fsp3) is 0.611. The van der Waals surface area contributed by atoms with E-state index >= 15 is 0 Å². The van der Waals surface area contributed by atoms with Gasteiger partial charge in [0.25, 0.3) is 0 Å². The summed E-state index contributed by atoms with van der Waals surface area (Å²) in [4.78, 5) is 14.7. The van der Waals surface area contributed by atoms with Gasteiger partial charge >= 0.3 is 0 Å². The molecule has 0 bridgehead atoms. The fourth-order valence-corrected chi connectivity index (χ4v) is 3.61. The van der Waals surface area contributed by atoms with Crippen molar-refractivity contribution in [2.24, 2.45) is 11.8 Å². The number of likely N-dealkylation sites (tertiary alicyclic amines) is 1. The van der Waals surface area contributed by atoms with Gasteiger partial charge in [-0.25, -0.2) is 0 Å². The summed E-state index contributed by atoms with van der Waals surface area (Å²) in [6.07, 6.45) is 2.93. The second-order valence-corrected chi connectivity index (χ2v) is 7.50. The van der Waals surface area contributed by atoms with Crippen molar-refractivity contribution in [3.8, 4) is 0 Å². The predicted molar refractivity (Wildman–Crippen MR) is 91.7 cm³/mol. The summed E-state index contributed by atoms with van der Waals surface area (Å²) in [5.74, 6) is 1.79. The number of hydrogen-bond donors (Lipinski definition) is 0. The molecule has 1 fully saturated rings. The van der Waals surface area contributed by atoms with Gasteiger partial charge in [-0.2, -0.15) is 0 Å². The second-order valence-electron chi connectivity index (χ2n) is 6.59. The van der Waals surface area contributed by atoms with Crippen molar-refractivity contribution in [1.29, 1.82) is 0 Å². The average molecular weight is 352 g/mol. The zero-order chi connectivity index (χ0) is 15.4. The minimum absolute atomic E-state index is 0.258. The maximum atomic E-state index is 12.2. The highest BCUT2D eigenvalue weighted by atomic mass is 79.9. The molecule has 0 saturated carbocycles. The highest BCUT2D eigenvalue weighted by Crippen LogP contribution is 2.27. The number of hydrogen-bond acceptors (Lipinski definition) is 2. The van der Waals surface area contributed by atoms with Crippen LogP contribution in [0.5, 0.6) is 0 Å². The molecule has 0 aromatic heterocycles. The molecule has 1 aliphatic rings. The molecule has 1 saturated heterocycles. The fourth-order valence-electron chi connectivity index (χ4n) is 3.35. The Bertz CT molecular complexity index is 471. The van der Waals surface area contributed by atoms with Crippen molar-refractivity contribution in [2.45, 2.75) is 46.1 Å². The third-order valence-corrected chi connectivity index (χ3v) is 5.26. The highest BCUT2D eigenvalue weighted by Gasteiger charge is 2.28.